The number of pyridine rings is 1. The molecule has 4 heteroatoms. The predicted octanol–water partition coefficient (Wildman–Crippen LogP) is 3.86. The van der Waals surface area contributed by atoms with E-state index in [1.165, 1.54) is 17.5 Å². The minimum atomic E-state index is 1.03. The Labute approximate surface area is 141 Å². The fraction of sp³-hybridized carbons (Fsp3) is 0.389. The van der Waals surface area contributed by atoms with E-state index in [1.54, 1.807) is 0 Å². The number of aryl methyl sites for hydroxylation is 1. The first-order valence-electron chi connectivity index (χ1n) is 7.86. The van der Waals surface area contributed by atoms with Gasteiger partial charge in [0.2, 0.25) is 0 Å². The van der Waals surface area contributed by atoms with Gasteiger partial charge in [-0.1, -0.05) is 30.3 Å². The molecule has 0 saturated carbocycles. The maximum Gasteiger partial charge on any atom is 0.142 e. The topological polar surface area (TPSA) is 19.4 Å². The van der Waals surface area contributed by atoms with Crippen molar-refractivity contribution < 1.29 is 0 Å². The molecule has 1 saturated heterocycles. The van der Waals surface area contributed by atoms with Crippen LogP contribution in [0.3, 0.4) is 0 Å². The maximum atomic E-state index is 4.61. The monoisotopic (exact) mass is 359 g/mol. The van der Waals surface area contributed by atoms with Crippen molar-refractivity contribution >= 4 is 21.7 Å². The van der Waals surface area contributed by atoms with Crippen LogP contribution in [-0.4, -0.2) is 36.1 Å². The summed E-state index contributed by atoms with van der Waals surface area (Å²) in [5, 5.41) is 0. The van der Waals surface area contributed by atoms with Gasteiger partial charge in [-0.15, -0.1) is 0 Å². The average molecular weight is 360 g/mol. The molecule has 3 rings (SSSR count). The SMILES string of the molecule is Cc1cnc(N2CCCN(Cc3ccccc3)CC2)c(Br)c1. The molecule has 1 fully saturated rings. The molecule has 0 aliphatic carbocycles. The molecule has 0 spiro atoms. The van der Waals surface area contributed by atoms with Gasteiger partial charge in [-0.25, -0.2) is 4.98 Å². The Morgan fingerprint density at radius 2 is 1.91 bits per heavy atom. The molecule has 2 aromatic rings. The van der Waals surface area contributed by atoms with E-state index in [9.17, 15) is 0 Å². The fourth-order valence-corrected chi connectivity index (χ4v) is 3.66. The van der Waals surface area contributed by atoms with Gasteiger partial charge in [0.15, 0.2) is 0 Å². The van der Waals surface area contributed by atoms with Crippen molar-refractivity contribution in [2.75, 3.05) is 31.1 Å². The summed E-state index contributed by atoms with van der Waals surface area (Å²) < 4.78 is 1.10. The third kappa shape index (κ3) is 3.87. The molecule has 0 N–H and O–H groups in total. The summed E-state index contributed by atoms with van der Waals surface area (Å²) in [6, 6.07) is 12.9. The molecule has 0 atom stereocenters. The Bertz CT molecular complexity index is 615. The molecule has 1 aliphatic rings. The third-order valence-corrected chi connectivity index (χ3v) is 4.68. The van der Waals surface area contributed by atoms with Crippen LogP contribution in [0.5, 0.6) is 0 Å². The summed E-state index contributed by atoms with van der Waals surface area (Å²) in [4.78, 5) is 9.55. The smallest absolute Gasteiger partial charge is 0.142 e. The molecule has 0 unspecified atom stereocenters. The van der Waals surface area contributed by atoms with Crippen molar-refractivity contribution in [2.45, 2.75) is 19.9 Å². The highest BCUT2D eigenvalue weighted by Gasteiger charge is 2.17. The van der Waals surface area contributed by atoms with Crippen LogP contribution in [-0.2, 0) is 6.54 Å². The molecule has 0 bridgehead atoms. The standard InChI is InChI=1S/C18H22BrN3/c1-15-12-17(19)18(20-13-15)22-9-5-8-21(10-11-22)14-16-6-3-2-4-7-16/h2-4,6-7,12-13H,5,8-11,14H2,1H3. The van der Waals surface area contributed by atoms with Gasteiger partial charge >= 0.3 is 0 Å². The van der Waals surface area contributed by atoms with Gasteiger partial charge in [-0.2, -0.15) is 0 Å². The lowest BCUT2D eigenvalue weighted by molar-refractivity contribution is 0.285. The van der Waals surface area contributed by atoms with E-state index in [2.05, 4.69) is 74.0 Å². The molecule has 1 aliphatic heterocycles. The highest BCUT2D eigenvalue weighted by Crippen LogP contribution is 2.25. The summed E-state index contributed by atoms with van der Waals surface area (Å²) in [7, 11) is 0. The Morgan fingerprint density at radius 3 is 2.68 bits per heavy atom. The first-order chi connectivity index (χ1) is 10.7. The van der Waals surface area contributed by atoms with Crippen molar-refractivity contribution in [2.24, 2.45) is 0 Å². The predicted molar refractivity (Wildman–Crippen MR) is 95.2 cm³/mol. The summed E-state index contributed by atoms with van der Waals surface area (Å²) in [6.45, 7) is 7.44. The molecule has 1 aromatic heterocycles. The summed E-state index contributed by atoms with van der Waals surface area (Å²) >= 11 is 3.66. The van der Waals surface area contributed by atoms with Crippen molar-refractivity contribution in [3.05, 3.63) is 58.2 Å². The quantitative estimate of drug-likeness (QED) is 0.829. The lowest BCUT2D eigenvalue weighted by atomic mass is 10.2. The Morgan fingerprint density at radius 1 is 1.09 bits per heavy atom. The van der Waals surface area contributed by atoms with E-state index >= 15 is 0 Å². The largest absolute Gasteiger partial charge is 0.354 e. The normalized spacial score (nSPS) is 16.5. The van der Waals surface area contributed by atoms with E-state index < -0.39 is 0 Å². The van der Waals surface area contributed by atoms with Crippen molar-refractivity contribution in [3.63, 3.8) is 0 Å². The maximum absolute atomic E-state index is 4.61. The van der Waals surface area contributed by atoms with Crippen LogP contribution in [0, 0.1) is 6.92 Å². The molecule has 0 radical (unpaired) electrons. The van der Waals surface area contributed by atoms with E-state index in [0.717, 1.165) is 43.0 Å². The molecule has 2 heterocycles. The zero-order valence-electron chi connectivity index (χ0n) is 13.0. The second-order valence-electron chi connectivity index (χ2n) is 5.92. The lowest BCUT2D eigenvalue weighted by Crippen LogP contribution is -2.31. The third-order valence-electron chi connectivity index (χ3n) is 4.10. The van der Waals surface area contributed by atoms with Crippen LogP contribution in [0.4, 0.5) is 5.82 Å². The number of nitrogens with zero attached hydrogens (tertiary/aromatic N) is 3. The summed E-state index contributed by atoms with van der Waals surface area (Å²) in [5.41, 5.74) is 2.58. The van der Waals surface area contributed by atoms with Gasteiger partial charge in [0.1, 0.15) is 5.82 Å². The molecular weight excluding hydrogens is 338 g/mol. The van der Waals surface area contributed by atoms with Crippen LogP contribution >= 0.6 is 15.9 Å². The zero-order valence-corrected chi connectivity index (χ0v) is 14.6. The zero-order chi connectivity index (χ0) is 15.4. The van der Waals surface area contributed by atoms with E-state index in [0.29, 0.717) is 0 Å². The number of halogens is 1. The minimum Gasteiger partial charge on any atom is -0.354 e. The van der Waals surface area contributed by atoms with Crippen LogP contribution in [0.2, 0.25) is 0 Å². The van der Waals surface area contributed by atoms with Gasteiger partial charge in [-0.3, -0.25) is 4.90 Å². The number of rotatable bonds is 3. The molecule has 22 heavy (non-hydrogen) atoms. The van der Waals surface area contributed by atoms with Crippen LogP contribution < -0.4 is 4.90 Å². The second-order valence-corrected chi connectivity index (χ2v) is 6.77. The number of hydrogen-bond donors (Lipinski definition) is 0. The molecular formula is C18H22BrN3. The summed E-state index contributed by atoms with van der Waals surface area (Å²) in [5.74, 6) is 1.08. The van der Waals surface area contributed by atoms with E-state index in [-0.39, 0.29) is 0 Å². The second kappa shape index (κ2) is 7.25. The average Bonchev–Trinajstić information content (AvgIpc) is 2.74. The first kappa shape index (κ1) is 15.5. The lowest BCUT2D eigenvalue weighted by Gasteiger charge is -2.23. The number of aromatic nitrogens is 1. The highest BCUT2D eigenvalue weighted by atomic mass is 79.9. The molecule has 1 aromatic carbocycles. The molecule has 3 nitrogen and oxygen atoms in total. The Hall–Kier alpha value is -1.39. The van der Waals surface area contributed by atoms with Gasteiger partial charge < -0.3 is 4.90 Å². The van der Waals surface area contributed by atoms with Gasteiger partial charge in [0.25, 0.3) is 0 Å². The number of anilines is 1. The van der Waals surface area contributed by atoms with Crippen molar-refractivity contribution in [1.82, 2.24) is 9.88 Å². The Kier molecular flexibility index (Phi) is 5.11. The first-order valence-corrected chi connectivity index (χ1v) is 8.65. The molecule has 116 valence electrons. The van der Waals surface area contributed by atoms with Crippen LogP contribution in [0.15, 0.2) is 47.1 Å². The minimum absolute atomic E-state index is 1.03. The van der Waals surface area contributed by atoms with Crippen molar-refractivity contribution in [1.29, 1.82) is 0 Å². The number of benzene rings is 1. The van der Waals surface area contributed by atoms with Gasteiger partial charge in [0, 0.05) is 38.9 Å². The molecule has 0 amide bonds. The van der Waals surface area contributed by atoms with Crippen LogP contribution in [0.25, 0.3) is 0 Å². The van der Waals surface area contributed by atoms with Crippen LogP contribution in [0.1, 0.15) is 17.5 Å². The van der Waals surface area contributed by atoms with E-state index in [4.69, 9.17) is 0 Å². The van der Waals surface area contributed by atoms with Gasteiger partial charge in [-0.05, 0) is 46.5 Å². The Balaban J connectivity index is 1.64. The number of hydrogen-bond acceptors (Lipinski definition) is 3. The van der Waals surface area contributed by atoms with E-state index in [1.807, 2.05) is 6.20 Å². The highest BCUT2D eigenvalue weighted by molar-refractivity contribution is 9.10. The van der Waals surface area contributed by atoms with Crippen molar-refractivity contribution in [3.8, 4) is 0 Å². The fourth-order valence-electron chi connectivity index (χ4n) is 2.94. The summed E-state index contributed by atoms with van der Waals surface area (Å²) in [6.07, 6.45) is 3.13. The van der Waals surface area contributed by atoms with Gasteiger partial charge in [0.05, 0.1) is 4.47 Å².